The molecule has 68 heavy (non-hydrogen) atoms. The van der Waals surface area contributed by atoms with Crippen LogP contribution in [-0.2, 0) is 9.59 Å². The fraction of sp³-hybridized carbons (Fsp3) is 0.462. The number of likely N-dealkylation sites (tertiary alicyclic amines) is 1. The number of nitrogens with one attached hydrogen (secondary N) is 3. The van der Waals surface area contributed by atoms with Gasteiger partial charge in [0.1, 0.15) is 30.0 Å². The summed E-state index contributed by atoms with van der Waals surface area (Å²) >= 11 is 7.84. The summed E-state index contributed by atoms with van der Waals surface area (Å²) in [6.07, 6.45) is 3.29. The Morgan fingerprint density at radius 3 is 2.35 bits per heavy atom. The highest BCUT2D eigenvalue weighted by Crippen LogP contribution is 2.55. The molecule has 3 amide bonds. The maximum absolute atomic E-state index is 14.3. The summed E-state index contributed by atoms with van der Waals surface area (Å²) in [5.41, 5.74) is 5.93. The van der Waals surface area contributed by atoms with Crippen LogP contribution in [0.4, 0.5) is 5.69 Å². The number of ether oxygens (including phenoxy) is 2. The highest BCUT2D eigenvalue weighted by Gasteiger charge is 2.64. The number of amides is 3. The van der Waals surface area contributed by atoms with Gasteiger partial charge in [-0.15, -0.1) is 11.3 Å². The Bertz CT molecular complexity index is 2590. The number of halogens is 1. The summed E-state index contributed by atoms with van der Waals surface area (Å²) in [4.78, 5) is 48.4. The molecule has 14 nitrogen and oxygen atoms in total. The molecular formula is C52H63ClN8O6S. The number of aliphatic hydroxyl groups is 1. The number of nitriles is 1. The molecule has 7 rings (SSSR count). The number of hydrogen-bond donors (Lipinski definition) is 4. The van der Waals surface area contributed by atoms with Gasteiger partial charge in [-0.25, -0.2) is 9.67 Å². The molecule has 5 aromatic rings. The van der Waals surface area contributed by atoms with Crippen LogP contribution in [-0.4, -0.2) is 86.5 Å². The van der Waals surface area contributed by atoms with Crippen molar-refractivity contribution >= 4 is 46.3 Å². The van der Waals surface area contributed by atoms with Crippen molar-refractivity contribution in [3.63, 3.8) is 0 Å². The number of hydrogen-bond acceptors (Lipinski definition) is 11. The topological polar surface area (TPSA) is 184 Å². The van der Waals surface area contributed by atoms with Crippen LogP contribution < -0.4 is 25.4 Å². The fourth-order valence-corrected chi connectivity index (χ4v) is 11.1. The first-order chi connectivity index (χ1) is 32.4. The number of anilines is 1. The Morgan fingerprint density at radius 1 is 0.985 bits per heavy atom. The summed E-state index contributed by atoms with van der Waals surface area (Å²) in [5, 5.41) is 34.6. The summed E-state index contributed by atoms with van der Waals surface area (Å²) < 4.78 is 14.2. The van der Waals surface area contributed by atoms with E-state index in [0.717, 1.165) is 53.2 Å². The Labute approximate surface area is 408 Å². The average molecular weight is 964 g/mol. The number of aliphatic hydroxyl groups excluding tert-OH is 1. The lowest BCUT2D eigenvalue weighted by atomic mass is 9.49. The molecule has 4 N–H and O–H groups in total. The van der Waals surface area contributed by atoms with Crippen molar-refractivity contribution in [1.82, 2.24) is 30.3 Å². The van der Waals surface area contributed by atoms with Crippen molar-refractivity contribution in [3.8, 4) is 28.1 Å². The van der Waals surface area contributed by atoms with E-state index in [1.165, 1.54) is 4.90 Å². The van der Waals surface area contributed by atoms with Crippen LogP contribution in [0.3, 0.4) is 0 Å². The molecule has 2 aliphatic rings. The van der Waals surface area contributed by atoms with Crippen molar-refractivity contribution < 1.29 is 29.0 Å². The number of rotatable bonds is 19. The third kappa shape index (κ3) is 10.8. The van der Waals surface area contributed by atoms with E-state index in [1.54, 1.807) is 46.5 Å². The quantitative estimate of drug-likeness (QED) is 0.0583. The molecular weight excluding hydrogens is 900 g/mol. The van der Waals surface area contributed by atoms with Gasteiger partial charge in [-0.2, -0.15) is 10.4 Å². The number of benzene rings is 3. The van der Waals surface area contributed by atoms with E-state index in [0.29, 0.717) is 34.4 Å². The summed E-state index contributed by atoms with van der Waals surface area (Å²) in [5.74, 6) is 0.115. The minimum Gasteiger partial charge on any atom is -0.489 e. The Balaban J connectivity index is 0.846. The predicted molar refractivity (Wildman–Crippen MR) is 265 cm³/mol. The van der Waals surface area contributed by atoms with E-state index in [1.807, 2.05) is 81.7 Å². The Hall–Kier alpha value is -5.95. The van der Waals surface area contributed by atoms with Gasteiger partial charge in [0.2, 0.25) is 17.7 Å². The highest BCUT2D eigenvalue weighted by molar-refractivity contribution is 7.13. The van der Waals surface area contributed by atoms with E-state index < -0.39 is 18.2 Å². The molecule has 3 heterocycles. The molecule has 0 unspecified atom stereocenters. The molecule has 1 aliphatic heterocycles. The second-order valence-electron chi connectivity index (χ2n) is 19.5. The monoisotopic (exact) mass is 962 g/mol. The molecule has 2 fully saturated rings. The molecule has 360 valence electrons. The zero-order chi connectivity index (χ0) is 48.9. The van der Waals surface area contributed by atoms with E-state index in [4.69, 9.17) is 21.1 Å². The number of nitrogens with zero attached hydrogens (tertiary/aromatic N) is 5. The van der Waals surface area contributed by atoms with Crippen LogP contribution in [0, 0.1) is 35.0 Å². The molecule has 2 aromatic heterocycles. The van der Waals surface area contributed by atoms with Gasteiger partial charge in [0.15, 0.2) is 0 Å². The second-order valence-corrected chi connectivity index (χ2v) is 20.8. The smallest absolute Gasteiger partial charge is 0.251 e. The molecule has 1 saturated heterocycles. The van der Waals surface area contributed by atoms with E-state index in [2.05, 4.69) is 59.8 Å². The van der Waals surface area contributed by atoms with E-state index in [-0.39, 0.29) is 65.6 Å². The van der Waals surface area contributed by atoms with Crippen molar-refractivity contribution in [3.05, 3.63) is 112 Å². The lowest BCUT2D eigenvalue weighted by Crippen LogP contribution is -2.74. The minimum atomic E-state index is -0.831. The maximum atomic E-state index is 14.3. The van der Waals surface area contributed by atoms with E-state index in [9.17, 15) is 24.8 Å². The number of β-amino-alcohol motifs (C(OH)–C–C–N with tert-alkyl or cyclic N) is 1. The van der Waals surface area contributed by atoms with Gasteiger partial charge in [-0.3, -0.25) is 14.4 Å². The second kappa shape index (κ2) is 21.1. The molecule has 3 aromatic carbocycles. The number of unbranched alkanes of at least 4 members (excludes halogenated alkanes) is 2. The number of aryl methyl sites for hydroxylation is 1. The van der Waals surface area contributed by atoms with Gasteiger partial charge in [-0.1, -0.05) is 77.4 Å². The first kappa shape index (κ1) is 49.9. The average Bonchev–Trinajstić information content (AvgIpc) is 4.06. The summed E-state index contributed by atoms with van der Waals surface area (Å²) in [6, 6.07) is 22.3. The summed E-state index contributed by atoms with van der Waals surface area (Å²) in [6.45, 7) is 17.3. The molecule has 0 radical (unpaired) electrons. The Morgan fingerprint density at radius 2 is 1.71 bits per heavy atom. The van der Waals surface area contributed by atoms with Crippen molar-refractivity contribution in [2.45, 2.75) is 117 Å². The minimum absolute atomic E-state index is 0.0525. The van der Waals surface area contributed by atoms with Crippen LogP contribution >= 0.6 is 22.9 Å². The molecule has 16 heteroatoms. The largest absolute Gasteiger partial charge is 0.489 e. The molecule has 4 atom stereocenters. The number of aromatic nitrogens is 3. The van der Waals surface area contributed by atoms with Crippen LogP contribution in [0.5, 0.6) is 11.6 Å². The zero-order valence-corrected chi connectivity index (χ0v) is 41.7. The third-order valence-electron chi connectivity index (χ3n) is 13.4. The van der Waals surface area contributed by atoms with Gasteiger partial charge in [0.05, 0.1) is 51.6 Å². The normalized spacial score (nSPS) is 20.2. The number of carbonyl (C=O) groups excluding carboxylic acids is 3. The molecule has 1 aliphatic carbocycles. The van der Waals surface area contributed by atoms with Crippen LogP contribution in [0.15, 0.2) is 84.5 Å². The third-order valence-corrected chi connectivity index (χ3v) is 14.7. The van der Waals surface area contributed by atoms with Gasteiger partial charge in [-0.05, 0) is 86.6 Å². The predicted octanol–water partition coefficient (Wildman–Crippen LogP) is 9.15. The van der Waals surface area contributed by atoms with Crippen molar-refractivity contribution in [1.29, 1.82) is 5.26 Å². The van der Waals surface area contributed by atoms with Crippen molar-refractivity contribution in [2.24, 2.45) is 16.7 Å². The lowest BCUT2D eigenvalue weighted by Gasteiger charge is -2.63. The van der Waals surface area contributed by atoms with E-state index >= 15 is 0 Å². The van der Waals surface area contributed by atoms with Gasteiger partial charge in [0.25, 0.3) is 5.91 Å². The highest BCUT2D eigenvalue weighted by atomic mass is 35.5. The lowest BCUT2D eigenvalue weighted by molar-refractivity contribution is -0.164. The number of thiazole rings is 1. The molecule has 0 spiro atoms. The standard InChI is InChI=1S/C52H63ClN8O6S/c1-31(2)44(48(65)60-29-39(62)26-42(60)47(64)58-32(3)34-12-14-35(15-13-34)45-33(4)56-30-68-45)61-43(22-24-57-61)66-25-11-9-10-23-55-38-19-16-36(17-20-38)46(63)59-49-51(5,6)50(52(49,7)8)67-40-21-18-37(28-54)41(53)27-40/h12-22,24,27,30-32,39,42,44,49-50,55,62H,9-11,23,25-26,29H2,1-8H3,(H,58,64)(H,59,63)/t32-,39+,42-,44-,49?,50?/m0/s1. The Kier molecular flexibility index (Phi) is 15.5. The maximum Gasteiger partial charge on any atom is 0.251 e. The molecule has 0 bridgehead atoms. The molecule has 1 saturated carbocycles. The summed E-state index contributed by atoms with van der Waals surface area (Å²) in [7, 11) is 0. The number of carbonyl (C=O) groups is 3. The zero-order valence-electron chi connectivity index (χ0n) is 40.1. The first-order valence-electron chi connectivity index (χ1n) is 23.4. The van der Waals surface area contributed by atoms with Gasteiger partial charge >= 0.3 is 0 Å². The van der Waals surface area contributed by atoms with Crippen molar-refractivity contribution in [2.75, 3.05) is 25.0 Å². The van der Waals surface area contributed by atoms with Crippen LogP contribution in [0.1, 0.15) is 113 Å². The van der Waals surface area contributed by atoms with Gasteiger partial charge in [0, 0.05) is 59.8 Å². The van der Waals surface area contributed by atoms with Gasteiger partial charge < -0.3 is 35.4 Å². The SMILES string of the molecule is Cc1ncsc1-c1ccc([C@H](C)NC(=O)[C@@H]2C[C@@H](O)CN2C(=O)[C@H](C(C)C)n2nccc2OCCCCCNc2ccc(C(=O)NC3C(C)(C)C(Oc4ccc(C#N)c(Cl)c4)C3(C)C)cc2)cc1. The first-order valence-corrected chi connectivity index (χ1v) is 24.6. The fourth-order valence-electron chi connectivity index (χ4n) is 10.0. The van der Waals surface area contributed by atoms with Crippen LogP contribution in [0.2, 0.25) is 5.02 Å². The van der Waals surface area contributed by atoms with Crippen LogP contribution in [0.25, 0.3) is 10.4 Å².